The Morgan fingerprint density at radius 3 is 2.76 bits per heavy atom. The van der Waals surface area contributed by atoms with Crippen LogP contribution in [0.1, 0.15) is 5.56 Å². The van der Waals surface area contributed by atoms with Gasteiger partial charge in [0.2, 0.25) is 5.91 Å². The van der Waals surface area contributed by atoms with E-state index in [1.54, 1.807) is 42.2 Å². The molecule has 3 rings (SSSR count). The Hall–Kier alpha value is -2.73. The molecule has 0 fully saturated rings. The number of fused-ring (bicyclic) bond motifs is 1. The fourth-order valence-corrected chi connectivity index (χ4v) is 2.86. The molecule has 0 spiro atoms. The number of nitrogens with zero attached hydrogens (tertiary/aromatic N) is 2. The third-order valence-corrected chi connectivity index (χ3v) is 4.49. The molecule has 25 heavy (non-hydrogen) atoms. The van der Waals surface area contributed by atoms with Crippen molar-refractivity contribution in [2.24, 2.45) is 7.05 Å². The summed E-state index contributed by atoms with van der Waals surface area (Å²) in [5.41, 5.74) is 2.03. The van der Waals surface area contributed by atoms with E-state index in [4.69, 9.17) is 16.3 Å². The summed E-state index contributed by atoms with van der Waals surface area (Å²) in [5.74, 6) is 0.272. The zero-order chi connectivity index (χ0) is 18.1. The average Bonchev–Trinajstić information content (AvgIpc) is 2.97. The Kier molecular flexibility index (Phi) is 4.55. The molecule has 0 aliphatic heterocycles. The lowest BCUT2D eigenvalue weighted by atomic mass is 10.2. The van der Waals surface area contributed by atoms with Crippen LogP contribution in [-0.2, 0) is 18.4 Å². The summed E-state index contributed by atoms with van der Waals surface area (Å²) in [6.45, 7) is 1.94. The van der Waals surface area contributed by atoms with E-state index in [2.05, 4.69) is 5.32 Å². The Bertz CT molecular complexity index is 1020. The Morgan fingerprint density at radius 1 is 1.28 bits per heavy atom. The fourth-order valence-electron chi connectivity index (χ4n) is 2.70. The van der Waals surface area contributed by atoms with Crippen LogP contribution >= 0.6 is 11.6 Å². The molecule has 1 N–H and O–H groups in total. The molecule has 2 aromatic heterocycles. The number of methoxy groups -OCH3 is 1. The molecule has 0 aliphatic carbocycles. The van der Waals surface area contributed by atoms with E-state index in [1.165, 1.54) is 11.7 Å². The van der Waals surface area contributed by atoms with Gasteiger partial charge < -0.3 is 19.2 Å². The first-order chi connectivity index (χ1) is 11.9. The van der Waals surface area contributed by atoms with Crippen molar-refractivity contribution in [1.29, 1.82) is 0 Å². The molecule has 0 saturated carbocycles. The normalized spacial score (nSPS) is 10.9. The van der Waals surface area contributed by atoms with Gasteiger partial charge in [-0.3, -0.25) is 9.59 Å². The lowest BCUT2D eigenvalue weighted by Gasteiger charge is -2.13. The van der Waals surface area contributed by atoms with Crippen molar-refractivity contribution in [1.82, 2.24) is 9.13 Å². The van der Waals surface area contributed by atoms with Crippen LogP contribution in [-0.4, -0.2) is 22.2 Å². The summed E-state index contributed by atoms with van der Waals surface area (Å²) >= 11 is 6.08. The Labute approximate surface area is 149 Å². The number of anilines is 1. The van der Waals surface area contributed by atoms with Gasteiger partial charge in [0, 0.05) is 30.5 Å². The van der Waals surface area contributed by atoms with Crippen LogP contribution in [0.4, 0.5) is 5.69 Å². The third-order valence-electron chi connectivity index (χ3n) is 4.08. The second-order valence-electron chi connectivity index (χ2n) is 5.82. The summed E-state index contributed by atoms with van der Waals surface area (Å²) in [5, 5.41) is 3.98. The van der Waals surface area contributed by atoms with E-state index in [1.807, 2.05) is 13.0 Å². The molecule has 1 aromatic carbocycles. The highest BCUT2D eigenvalue weighted by atomic mass is 35.5. The molecule has 6 nitrogen and oxygen atoms in total. The van der Waals surface area contributed by atoms with Crippen LogP contribution in [0.2, 0.25) is 5.02 Å². The first-order valence-electron chi connectivity index (χ1n) is 7.69. The second-order valence-corrected chi connectivity index (χ2v) is 6.23. The summed E-state index contributed by atoms with van der Waals surface area (Å²) < 4.78 is 8.51. The highest BCUT2D eigenvalue weighted by Gasteiger charge is 2.13. The van der Waals surface area contributed by atoms with Crippen molar-refractivity contribution in [3.05, 3.63) is 57.6 Å². The SMILES string of the molecule is COc1cc(Cl)c(C)cc1NC(=O)Cn1ccc2c(=O)n(C)ccc21. The van der Waals surface area contributed by atoms with E-state index < -0.39 is 0 Å². The van der Waals surface area contributed by atoms with Crippen LogP contribution in [0.5, 0.6) is 5.75 Å². The van der Waals surface area contributed by atoms with Gasteiger partial charge in [-0.05, 0) is 30.7 Å². The molecule has 0 aliphatic rings. The number of amides is 1. The summed E-state index contributed by atoms with van der Waals surface area (Å²) in [7, 11) is 3.22. The van der Waals surface area contributed by atoms with Crippen LogP contribution in [0.25, 0.3) is 10.9 Å². The van der Waals surface area contributed by atoms with E-state index in [9.17, 15) is 9.59 Å². The number of aryl methyl sites for hydroxylation is 2. The highest BCUT2D eigenvalue weighted by Crippen LogP contribution is 2.31. The van der Waals surface area contributed by atoms with Crippen molar-refractivity contribution in [2.75, 3.05) is 12.4 Å². The number of aromatic nitrogens is 2. The van der Waals surface area contributed by atoms with Crippen molar-refractivity contribution >= 4 is 34.1 Å². The minimum Gasteiger partial charge on any atom is -0.495 e. The molecular weight excluding hydrogens is 342 g/mol. The molecule has 0 atom stereocenters. The van der Waals surface area contributed by atoms with Crippen molar-refractivity contribution in [3.63, 3.8) is 0 Å². The van der Waals surface area contributed by atoms with Gasteiger partial charge in [0.1, 0.15) is 12.3 Å². The number of pyridine rings is 1. The van der Waals surface area contributed by atoms with E-state index in [0.717, 1.165) is 11.1 Å². The smallest absolute Gasteiger partial charge is 0.259 e. The Balaban J connectivity index is 1.86. The van der Waals surface area contributed by atoms with Crippen LogP contribution in [0, 0.1) is 6.92 Å². The average molecular weight is 360 g/mol. The molecule has 7 heteroatoms. The minimum atomic E-state index is -0.224. The number of rotatable bonds is 4. The second kappa shape index (κ2) is 6.64. The van der Waals surface area contributed by atoms with Gasteiger partial charge in [-0.2, -0.15) is 0 Å². The topological polar surface area (TPSA) is 65.3 Å². The number of ether oxygens (including phenoxy) is 1. The summed E-state index contributed by atoms with van der Waals surface area (Å²) in [6.07, 6.45) is 3.42. The maximum atomic E-state index is 12.4. The van der Waals surface area contributed by atoms with Gasteiger partial charge in [0.25, 0.3) is 5.56 Å². The first-order valence-corrected chi connectivity index (χ1v) is 8.07. The number of hydrogen-bond donors (Lipinski definition) is 1. The first kappa shape index (κ1) is 17.1. The van der Waals surface area contributed by atoms with Gasteiger partial charge >= 0.3 is 0 Å². The van der Waals surface area contributed by atoms with Crippen molar-refractivity contribution < 1.29 is 9.53 Å². The molecule has 3 aromatic rings. The summed E-state index contributed by atoms with van der Waals surface area (Å²) in [4.78, 5) is 24.5. The number of benzene rings is 1. The van der Waals surface area contributed by atoms with Crippen LogP contribution in [0.15, 0.2) is 41.5 Å². The molecule has 2 heterocycles. The minimum absolute atomic E-state index is 0.0848. The number of hydrogen-bond acceptors (Lipinski definition) is 3. The number of halogens is 1. The van der Waals surface area contributed by atoms with Crippen LogP contribution in [0.3, 0.4) is 0 Å². The maximum Gasteiger partial charge on any atom is 0.259 e. The zero-order valence-electron chi connectivity index (χ0n) is 14.2. The van der Waals surface area contributed by atoms with Gasteiger partial charge in [-0.1, -0.05) is 11.6 Å². The molecule has 0 unspecified atom stereocenters. The quantitative estimate of drug-likeness (QED) is 0.778. The zero-order valence-corrected chi connectivity index (χ0v) is 14.9. The van der Waals surface area contributed by atoms with E-state index >= 15 is 0 Å². The highest BCUT2D eigenvalue weighted by molar-refractivity contribution is 6.31. The number of nitrogens with one attached hydrogen (secondary N) is 1. The maximum absolute atomic E-state index is 12.4. The van der Waals surface area contributed by atoms with Crippen LogP contribution < -0.4 is 15.6 Å². The van der Waals surface area contributed by atoms with E-state index in [0.29, 0.717) is 21.8 Å². The fraction of sp³-hybridized carbons (Fsp3) is 0.222. The van der Waals surface area contributed by atoms with Crippen molar-refractivity contribution in [2.45, 2.75) is 13.5 Å². The number of carbonyl (C=O) groups is 1. The largest absolute Gasteiger partial charge is 0.495 e. The molecule has 130 valence electrons. The monoisotopic (exact) mass is 359 g/mol. The third kappa shape index (κ3) is 3.25. The van der Waals surface area contributed by atoms with Gasteiger partial charge in [-0.15, -0.1) is 0 Å². The Morgan fingerprint density at radius 2 is 2.04 bits per heavy atom. The predicted octanol–water partition coefficient (Wildman–Crippen LogP) is 2.95. The van der Waals surface area contributed by atoms with E-state index in [-0.39, 0.29) is 18.0 Å². The molecular formula is C18H18ClN3O3. The molecule has 1 amide bonds. The summed E-state index contributed by atoms with van der Waals surface area (Å²) in [6, 6.07) is 6.97. The number of carbonyl (C=O) groups excluding carboxylic acids is 1. The molecule has 0 saturated heterocycles. The standard InChI is InChI=1S/C18H18ClN3O3/c1-11-8-14(16(25-3)9-13(11)19)20-17(23)10-22-7-4-12-15(22)5-6-21(2)18(12)24/h4-9H,10H2,1-3H3,(H,20,23). The molecule has 0 radical (unpaired) electrons. The lowest BCUT2D eigenvalue weighted by molar-refractivity contribution is -0.116. The van der Waals surface area contributed by atoms with Gasteiger partial charge in [0.15, 0.2) is 0 Å². The lowest BCUT2D eigenvalue weighted by Crippen LogP contribution is -2.20. The predicted molar refractivity (Wildman–Crippen MR) is 98.5 cm³/mol. The van der Waals surface area contributed by atoms with Gasteiger partial charge in [-0.25, -0.2) is 0 Å². The molecule has 0 bridgehead atoms. The van der Waals surface area contributed by atoms with Gasteiger partial charge in [0.05, 0.1) is 23.7 Å². The van der Waals surface area contributed by atoms with Crippen molar-refractivity contribution in [3.8, 4) is 5.75 Å².